The molecule has 2 nitrogen and oxygen atoms in total. The maximum Gasteiger partial charge on any atom is 0.495 e. The van der Waals surface area contributed by atoms with Gasteiger partial charge in [-0.1, -0.05) is 45.0 Å². The predicted molar refractivity (Wildman–Crippen MR) is 85.3 cm³/mol. The largest absolute Gasteiger partial charge is 0.495 e. The second-order valence-electron chi connectivity index (χ2n) is 8.02. The van der Waals surface area contributed by atoms with E-state index in [4.69, 9.17) is 9.31 Å². The zero-order chi connectivity index (χ0) is 15.2. The fraction of sp³-hybridized carbons (Fsp3) is 0.647. The van der Waals surface area contributed by atoms with Gasteiger partial charge in [0, 0.05) is 0 Å². The van der Waals surface area contributed by atoms with Gasteiger partial charge in [-0.05, 0) is 50.6 Å². The van der Waals surface area contributed by atoms with E-state index in [-0.39, 0.29) is 23.7 Å². The van der Waals surface area contributed by atoms with E-state index in [1.165, 1.54) is 11.0 Å². The normalized spacial score (nSPS) is 21.2. The Labute approximate surface area is 124 Å². The summed E-state index contributed by atoms with van der Waals surface area (Å²) in [6, 6.07) is 8.47. The molecule has 0 radical (unpaired) electrons. The van der Waals surface area contributed by atoms with Gasteiger partial charge < -0.3 is 9.31 Å². The second-order valence-corrected chi connectivity index (χ2v) is 8.02. The molecule has 0 N–H and O–H groups in total. The molecule has 1 heterocycles. The summed E-state index contributed by atoms with van der Waals surface area (Å²) in [4.78, 5) is 0. The van der Waals surface area contributed by atoms with Crippen LogP contribution in [0.25, 0.3) is 0 Å². The van der Waals surface area contributed by atoms with Gasteiger partial charge in [-0.2, -0.15) is 0 Å². The van der Waals surface area contributed by atoms with Crippen LogP contribution in [0.3, 0.4) is 0 Å². The minimum atomic E-state index is -0.285. The summed E-state index contributed by atoms with van der Waals surface area (Å²) in [5.74, 6) is 0. The van der Waals surface area contributed by atoms with Crippen LogP contribution >= 0.6 is 0 Å². The minimum Gasteiger partial charge on any atom is -0.399 e. The van der Waals surface area contributed by atoms with E-state index in [0.717, 1.165) is 6.42 Å². The highest BCUT2D eigenvalue weighted by Gasteiger charge is 2.52. The van der Waals surface area contributed by atoms with Crippen LogP contribution in [-0.4, -0.2) is 18.3 Å². The lowest BCUT2D eigenvalue weighted by Crippen LogP contribution is -2.41. The molecule has 1 fully saturated rings. The first-order chi connectivity index (χ1) is 9.02. The van der Waals surface area contributed by atoms with Crippen LogP contribution < -0.4 is 5.46 Å². The molecule has 2 rings (SSSR count). The summed E-state index contributed by atoms with van der Waals surface area (Å²) in [6.45, 7) is 15.2. The standard InChI is InChI=1S/C17H27BO2/c1-15(2,3)12-13-10-8-9-11-14(13)18-19-16(4,5)17(6,7)20-18/h8-11H,12H2,1-7H3. The topological polar surface area (TPSA) is 18.5 Å². The Morgan fingerprint density at radius 2 is 1.45 bits per heavy atom. The Morgan fingerprint density at radius 1 is 0.950 bits per heavy atom. The summed E-state index contributed by atoms with van der Waals surface area (Å²) < 4.78 is 12.4. The van der Waals surface area contributed by atoms with E-state index >= 15 is 0 Å². The predicted octanol–water partition coefficient (Wildman–Crippen LogP) is 3.57. The van der Waals surface area contributed by atoms with E-state index in [1.807, 2.05) is 0 Å². The van der Waals surface area contributed by atoms with Crippen LogP contribution in [0.5, 0.6) is 0 Å². The first-order valence-electron chi connectivity index (χ1n) is 7.45. The van der Waals surface area contributed by atoms with Gasteiger partial charge in [-0.25, -0.2) is 0 Å². The zero-order valence-electron chi connectivity index (χ0n) is 13.9. The molecule has 3 heteroatoms. The molecular weight excluding hydrogens is 247 g/mol. The highest BCUT2D eigenvalue weighted by molar-refractivity contribution is 6.62. The average Bonchev–Trinajstić information content (AvgIpc) is 2.46. The Morgan fingerprint density at radius 3 is 1.95 bits per heavy atom. The molecule has 1 aromatic carbocycles. The second kappa shape index (κ2) is 4.89. The van der Waals surface area contributed by atoms with E-state index < -0.39 is 0 Å². The zero-order valence-corrected chi connectivity index (χ0v) is 13.9. The van der Waals surface area contributed by atoms with Crippen molar-refractivity contribution in [2.45, 2.75) is 66.1 Å². The van der Waals surface area contributed by atoms with Gasteiger partial charge in [0.05, 0.1) is 11.2 Å². The molecule has 0 aromatic heterocycles. The fourth-order valence-corrected chi connectivity index (χ4v) is 2.47. The van der Waals surface area contributed by atoms with E-state index in [9.17, 15) is 0 Å². The number of hydrogen-bond donors (Lipinski definition) is 0. The van der Waals surface area contributed by atoms with Crippen molar-refractivity contribution in [1.82, 2.24) is 0 Å². The van der Waals surface area contributed by atoms with Crippen molar-refractivity contribution in [3.63, 3.8) is 0 Å². The molecule has 0 amide bonds. The Bertz CT molecular complexity index is 470. The minimum absolute atomic E-state index is 0.250. The summed E-state index contributed by atoms with van der Waals surface area (Å²) in [5, 5.41) is 0. The van der Waals surface area contributed by atoms with Gasteiger partial charge in [0.15, 0.2) is 0 Å². The van der Waals surface area contributed by atoms with Crippen LogP contribution in [0.2, 0.25) is 0 Å². The number of benzene rings is 1. The van der Waals surface area contributed by atoms with E-state index in [1.54, 1.807) is 0 Å². The SMILES string of the molecule is CC(C)(C)Cc1ccccc1B1OC(C)(C)C(C)(C)O1. The molecule has 1 aliphatic heterocycles. The number of rotatable bonds is 2. The summed E-state index contributed by atoms with van der Waals surface area (Å²) in [6.07, 6.45) is 1.02. The van der Waals surface area contributed by atoms with Crippen molar-refractivity contribution in [2.75, 3.05) is 0 Å². The molecule has 0 bridgehead atoms. The highest BCUT2D eigenvalue weighted by atomic mass is 16.7. The molecule has 1 aliphatic rings. The third kappa shape index (κ3) is 3.10. The first kappa shape index (κ1) is 15.6. The highest BCUT2D eigenvalue weighted by Crippen LogP contribution is 2.37. The first-order valence-corrected chi connectivity index (χ1v) is 7.45. The van der Waals surface area contributed by atoms with Gasteiger partial charge in [0.25, 0.3) is 0 Å². The van der Waals surface area contributed by atoms with Crippen LogP contribution in [0.4, 0.5) is 0 Å². The third-order valence-corrected chi connectivity index (χ3v) is 4.28. The summed E-state index contributed by atoms with van der Waals surface area (Å²) in [5.41, 5.74) is 2.17. The molecule has 0 spiro atoms. The van der Waals surface area contributed by atoms with Gasteiger partial charge in [0.2, 0.25) is 0 Å². The molecule has 110 valence electrons. The number of hydrogen-bond acceptors (Lipinski definition) is 2. The Balaban J connectivity index is 2.31. The van der Waals surface area contributed by atoms with Crippen LogP contribution in [-0.2, 0) is 15.7 Å². The van der Waals surface area contributed by atoms with Crippen molar-refractivity contribution in [3.8, 4) is 0 Å². The van der Waals surface area contributed by atoms with Crippen LogP contribution in [0.1, 0.15) is 54.0 Å². The summed E-state index contributed by atoms with van der Waals surface area (Å²) in [7, 11) is -0.265. The van der Waals surface area contributed by atoms with Gasteiger partial charge in [-0.15, -0.1) is 0 Å². The molecule has 0 atom stereocenters. The molecule has 1 saturated heterocycles. The molecule has 1 aromatic rings. The quantitative estimate of drug-likeness (QED) is 0.767. The van der Waals surface area contributed by atoms with Crippen LogP contribution in [0, 0.1) is 5.41 Å². The van der Waals surface area contributed by atoms with Crippen molar-refractivity contribution < 1.29 is 9.31 Å². The van der Waals surface area contributed by atoms with E-state index in [2.05, 4.69) is 72.7 Å². The van der Waals surface area contributed by atoms with E-state index in [0.29, 0.717) is 0 Å². The van der Waals surface area contributed by atoms with Crippen LogP contribution in [0.15, 0.2) is 24.3 Å². The van der Waals surface area contributed by atoms with Crippen molar-refractivity contribution in [3.05, 3.63) is 29.8 Å². The van der Waals surface area contributed by atoms with Gasteiger partial charge >= 0.3 is 7.12 Å². The lowest BCUT2D eigenvalue weighted by atomic mass is 9.72. The monoisotopic (exact) mass is 274 g/mol. The maximum atomic E-state index is 6.18. The lowest BCUT2D eigenvalue weighted by Gasteiger charge is -2.32. The average molecular weight is 274 g/mol. The van der Waals surface area contributed by atoms with Crippen molar-refractivity contribution >= 4 is 12.6 Å². The Kier molecular flexibility index (Phi) is 3.81. The molecule has 0 unspecified atom stereocenters. The molecular formula is C17H27BO2. The molecule has 20 heavy (non-hydrogen) atoms. The van der Waals surface area contributed by atoms with Crippen molar-refractivity contribution in [1.29, 1.82) is 0 Å². The lowest BCUT2D eigenvalue weighted by molar-refractivity contribution is 0.00578. The molecule has 0 aliphatic carbocycles. The van der Waals surface area contributed by atoms with Crippen molar-refractivity contribution in [2.24, 2.45) is 5.41 Å². The third-order valence-electron chi connectivity index (χ3n) is 4.28. The Hall–Kier alpha value is -0.795. The smallest absolute Gasteiger partial charge is 0.399 e. The molecule has 0 saturated carbocycles. The van der Waals surface area contributed by atoms with Gasteiger partial charge in [0.1, 0.15) is 0 Å². The van der Waals surface area contributed by atoms with Gasteiger partial charge in [-0.3, -0.25) is 0 Å². The summed E-state index contributed by atoms with van der Waals surface area (Å²) >= 11 is 0. The maximum absolute atomic E-state index is 6.18. The fourth-order valence-electron chi connectivity index (χ4n) is 2.47.